The fourth-order valence-electron chi connectivity index (χ4n) is 1.64. The van der Waals surface area contributed by atoms with Crippen LogP contribution in [-0.2, 0) is 10.0 Å². The van der Waals surface area contributed by atoms with Crippen LogP contribution in [-0.4, -0.2) is 13.4 Å². The molecule has 0 radical (unpaired) electrons. The minimum atomic E-state index is -4.19. The van der Waals surface area contributed by atoms with Gasteiger partial charge < -0.3 is 5.73 Å². The number of nitrogens with zero attached hydrogens (tertiary/aromatic N) is 1. The third-order valence-corrected chi connectivity index (χ3v) is 4.34. The average Bonchev–Trinajstić information content (AvgIpc) is 2.33. The van der Waals surface area contributed by atoms with Crippen LogP contribution < -0.4 is 10.5 Å². The molecule has 1 heterocycles. The van der Waals surface area contributed by atoms with Gasteiger partial charge in [0.05, 0.1) is 11.4 Å². The molecule has 1 aromatic heterocycles. The van der Waals surface area contributed by atoms with E-state index < -0.39 is 20.7 Å². The lowest BCUT2D eigenvalue weighted by atomic mass is 10.3. The number of nitrogen functional groups attached to an aromatic ring is 1. The fourth-order valence-corrected chi connectivity index (χ4v) is 3.28. The van der Waals surface area contributed by atoms with Crippen LogP contribution in [0.2, 0.25) is 5.15 Å². The molecule has 5 nitrogen and oxygen atoms in total. The van der Waals surface area contributed by atoms with Gasteiger partial charge in [-0.25, -0.2) is 17.8 Å². The lowest BCUT2D eigenvalue weighted by Gasteiger charge is -2.13. The second-order valence-corrected chi connectivity index (χ2v) is 6.03. The predicted octanol–water partition coefficient (Wildman–Crippen LogP) is 2.57. The Kier molecular flexibility index (Phi) is 3.82. The Hall–Kier alpha value is -1.86. The van der Waals surface area contributed by atoms with Crippen LogP contribution >= 0.6 is 11.6 Å². The van der Waals surface area contributed by atoms with E-state index >= 15 is 0 Å². The Morgan fingerprint density at radius 1 is 1.35 bits per heavy atom. The summed E-state index contributed by atoms with van der Waals surface area (Å²) in [5.41, 5.74) is 6.00. The minimum absolute atomic E-state index is 0.0246. The van der Waals surface area contributed by atoms with E-state index in [0.717, 1.165) is 6.07 Å². The number of rotatable bonds is 3. The molecule has 106 valence electrons. The minimum Gasteiger partial charge on any atom is -0.398 e. The molecule has 0 aliphatic heterocycles. The van der Waals surface area contributed by atoms with E-state index in [1.54, 1.807) is 13.0 Å². The van der Waals surface area contributed by atoms with Crippen molar-refractivity contribution in [2.45, 2.75) is 11.8 Å². The van der Waals surface area contributed by atoms with Gasteiger partial charge in [0.1, 0.15) is 10.7 Å². The summed E-state index contributed by atoms with van der Waals surface area (Å²) >= 11 is 5.84. The summed E-state index contributed by atoms with van der Waals surface area (Å²) in [4.78, 5) is 3.16. The van der Waals surface area contributed by atoms with Crippen molar-refractivity contribution < 1.29 is 12.8 Å². The first-order valence-corrected chi connectivity index (χ1v) is 7.37. The molecule has 0 bridgehead atoms. The van der Waals surface area contributed by atoms with Crippen molar-refractivity contribution in [2.24, 2.45) is 0 Å². The summed E-state index contributed by atoms with van der Waals surface area (Å²) in [7, 11) is -4.19. The van der Waals surface area contributed by atoms with Crippen molar-refractivity contribution in [1.82, 2.24) is 4.98 Å². The molecule has 2 aromatic rings. The highest BCUT2D eigenvalue weighted by Crippen LogP contribution is 2.28. The van der Waals surface area contributed by atoms with Gasteiger partial charge in [0.2, 0.25) is 0 Å². The molecule has 0 spiro atoms. The second kappa shape index (κ2) is 5.26. The number of anilines is 2. The van der Waals surface area contributed by atoms with E-state index in [4.69, 9.17) is 17.3 Å². The number of hydrogen-bond acceptors (Lipinski definition) is 4. The van der Waals surface area contributed by atoms with Gasteiger partial charge in [-0.05, 0) is 30.7 Å². The van der Waals surface area contributed by atoms with Crippen LogP contribution in [0.4, 0.5) is 15.8 Å². The zero-order valence-corrected chi connectivity index (χ0v) is 12.0. The molecule has 0 unspecified atom stereocenters. The highest BCUT2D eigenvalue weighted by atomic mass is 35.5. The molecule has 0 saturated carbocycles. The Morgan fingerprint density at radius 2 is 2.05 bits per heavy atom. The molecule has 8 heteroatoms. The van der Waals surface area contributed by atoms with Crippen LogP contribution in [0.25, 0.3) is 0 Å². The van der Waals surface area contributed by atoms with Crippen LogP contribution in [0.1, 0.15) is 5.56 Å². The molecule has 0 amide bonds. The van der Waals surface area contributed by atoms with Crippen molar-refractivity contribution in [3.05, 3.63) is 47.0 Å². The molecule has 0 saturated heterocycles. The van der Waals surface area contributed by atoms with E-state index in [1.807, 2.05) is 0 Å². The quantitative estimate of drug-likeness (QED) is 0.673. The van der Waals surface area contributed by atoms with Gasteiger partial charge in [-0.2, -0.15) is 0 Å². The zero-order chi connectivity index (χ0) is 14.9. The van der Waals surface area contributed by atoms with Gasteiger partial charge in [0.25, 0.3) is 10.0 Å². The normalized spacial score (nSPS) is 11.3. The fraction of sp³-hybridized carbons (Fsp3) is 0.0833. The van der Waals surface area contributed by atoms with Gasteiger partial charge >= 0.3 is 0 Å². The van der Waals surface area contributed by atoms with Crippen LogP contribution in [0.5, 0.6) is 0 Å². The topological polar surface area (TPSA) is 85.1 Å². The number of aryl methyl sites for hydroxylation is 1. The number of benzene rings is 1. The molecule has 1 aromatic carbocycles. The average molecular weight is 316 g/mol. The van der Waals surface area contributed by atoms with Gasteiger partial charge in [-0.15, -0.1) is 0 Å². The van der Waals surface area contributed by atoms with Crippen molar-refractivity contribution in [2.75, 3.05) is 10.5 Å². The maximum Gasteiger partial charge on any atom is 0.266 e. The lowest BCUT2D eigenvalue weighted by Crippen LogP contribution is -2.17. The molecule has 2 rings (SSSR count). The summed E-state index contributed by atoms with van der Waals surface area (Å²) in [5, 5.41) is -0.0246. The van der Waals surface area contributed by atoms with Crippen molar-refractivity contribution in [1.29, 1.82) is 0 Å². The van der Waals surface area contributed by atoms with Crippen LogP contribution in [0.15, 0.2) is 35.4 Å². The third-order valence-electron chi connectivity index (χ3n) is 2.62. The highest BCUT2D eigenvalue weighted by Gasteiger charge is 2.24. The smallest absolute Gasteiger partial charge is 0.266 e. The van der Waals surface area contributed by atoms with Gasteiger partial charge in [0.15, 0.2) is 5.15 Å². The van der Waals surface area contributed by atoms with Crippen molar-refractivity contribution >= 4 is 33.0 Å². The van der Waals surface area contributed by atoms with Gasteiger partial charge in [-0.3, -0.25) is 4.72 Å². The maximum absolute atomic E-state index is 13.7. The molecule has 0 fully saturated rings. The third kappa shape index (κ3) is 2.68. The summed E-state index contributed by atoms with van der Waals surface area (Å²) < 4.78 is 40.4. The Morgan fingerprint density at radius 3 is 2.65 bits per heavy atom. The van der Waals surface area contributed by atoms with Crippen LogP contribution in [0.3, 0.4) is 0 Å². The lowest BCUT2D eigenvalue weighted by molar-refractivity contribution is 0.571. The highest BCUT2D eigenvalue weighted by molar-refractivity contribution is 7.93. The summed E-state index contributed by atoms with van der Waals surface area (Å²) in [6, 6.07) is 5.22. The van der Waals surface area contributed by atoms with E-state index in [0.29, 0.717) is 5.56 Å². The standard InChI is InChI=1S/C12H11ClFN3O2S/c1-7-5-6-16-12(13)10(7)17-20(18,19)11-8(14)3-2-4-9(11)15/h2-6,17H,15H2,1H3. The molecule has 20 heavy (non-hydrogen) atoms. The number of pyridine rings is 1. The molecular formula is C12H11ClFN3O2S. The zero-order valence-electron chi connectivity index (χ0n) is 10.4. The molecule has 3 N–H and O–H groups in total. The first-order chi connectivity index (χ1) is 9.33. The Labute approximate surface area is 120 Å². The van der Waals surface area contributed by atoms with Gasteiger partial charge in [-0.1, -0.05) is 17.7 Å². The number of aromatic nitrogens is 1. The molecule has 0 atom stereocenters. The SMILES string of the molecule is Cc1ccnc(Cl)c1NS(=O)(=O)c1c(N)cccc1F. The summed E-state index contributed by atoms with van der Waals surface area (Å²) in [6.45, 7) is 1.65. The molecule has 0 aliphatic carbocycles. The number of nitrogens with one attached hydrogen (secondary N) is 1. The number of sulfonamides is 1. The monoisotopic (exact) mass is 315 g/mol. The predicted molar refractivity (Wildman–Crippen MR) is 75.6 cm³/mol. The molecular weight excluding hydrogens is 305 g/mol. The summed E-state index contributed by atoms with van der Waals surface area (Å²) in [6.07, 6.45) is 1.44. The summed E-state index contributed by atoms with van der Waals surface area (Å²) in [5.74, 6) is -0.935. The first kappa shape index (κ1) is 14.5. The first-order valence-electron chi connectivity index (χ1n) is 5.51. The Balaban J connectivity index is 2.53. The number of halogens is 2. The van der Waals surface area contributed by atoms with Gasteiger partial charge in [0, 0.05) is 6.20 Å². The second-order valence-electron chi connectivity index (χ2n) is 4.06. The number of nitrogens with two attached hydrogens (primary N) is 1. The maximum atomic E-state index is 13.7. The molecule has 0 aliphatic rings. The largest absolute Gasteiger partial charge is 0.398 e. The van der Waals surface area contributed by atoms with E-state index in [2.05, 4.69) is 9.71 Å². The van der Waals surface area contributed by atoms with Crippen molar-refractivity contribution in [3.63, 3.8) is 0 Å². The van der Waals surface area contributed by atoms with E-state index in [9.17, 15) is 12.8 Å². The van der Waals surface area contributed by atoms with Crippen LogP contribution in [0, 0.1) is 12.7 Å². The number of hydrogen-bond donors (Lipinski definition) is 2. The van der Waals surface area contributed by atoms with Crippen molar-refractivity contribution in [3.8, 4) is 0 Å². The van der Waals surface area contributed by atoms with E-state index in [1.165, 1.54) is 18.3 Å². The van der Waals surface area contributed by atoms with E-state index in [-0.39, 0.29) is 16.5 Å². The Bertz CT molecular complexity index is 725.